The maximum absolute atomic E-state index is 5.12. The van der Waals surface area contributed by atoms with E-state index >= 15 is 0 Å². The van der Waals surface area contributed by atoms with Crippen molar-refractivity contribution in [2.75, 3.05) is 20.2 Å². The van der Waals surface area contributed by atoms with Crippen LogP contribution in [0.2, 0.25) is 0 Å². The van der Waals surface area contributed by atoms with Crippen LogP contribution in [0, 0.1) is 11.8 Å². The van der Waals surface area contributed by atoms with Gasteiger partial charge in [0.25, 0.3) is 0 Å². The number of methoxy groups -OCH3 is 1. The monoisotopic (exact) mass is 259 g/mol. The van der Waals surface area contributed by atoms with E-state index in [0.717, 1.165) is 30.5 Å². The molecule has 3 saturated heterocycles. The average Bonchev–Trinajstić information content (AvgIpc) is 3.12. The van der Waals surface area contributed by atoms with Gasteiger partial charge in [-0.2, -0.15) is 0 Å². The highest BCUT2D eigenvalue weighted by Gasteiger charge is 2.54. The van der Waals surface area contributed by atoms with Crippen LogP contribution in [0.25, 0.3) is 0 Å². The van der Waals surface area contributed by atoms with Gasteiger partial charge in [-0.25, -0.2) is 4.98 Å². The number of hydrogen-bond donors (Lipinski definition) is 1. The third kappa shape index (κ3) is 1.77. The fourth-order valence-electron chi connectivity index (χ4n) is 4.47. The summed E-state index contributed by atoms with van der Waals surface area (Å²) in [5, 5.41) is 3.57. The molecule has 4 atom stereocenters. The van der Waals surface area contributed by atoms with E-state index in [1.807, 2.05) is 12.3 Å². The molecule has 0 radical (unpaired) electrons. The van der Waals surface area contributed by atoms with E-state index in [2.05, 4.69) is 21.3 Å². The summed E-state index contributed by atoms with van der Waals surface area (Å²) in [5.41, 5.74) is 1.31. The fraction of sp³-hybridized carbons (Fsp3) is 0.667. The van der Waals surface area contributed by atoms with E-state index in [0.29, 0.717) is 5.88 Å². The predicted molar refractivity (Wildman–Crippen MR) is 73.0 cm³/mol. The van der Waals surface area contributed by atoms with E-state index in [1.165, 1.54) is 31.5 Å². The standard InChI is InChI=1S/C15H21N3O/c1-19-15-5-2-10(6-17-15)9-18-13-3-4-14(18)12-8-16-7-11(12)13/h2,5-6,11-14,16H,3-4,7-9H2,1H3/t11-,12+,13?,14?. The molecule has 0 amide bonds. The first-order valence-electron chi connectivity index (χ1n) is 7.32. The van der Waals surface area contributed by atoms with Crippen molar-refractivity contribution in [1.29, 1.82) is 0 Å². The van der Waals surface area contributed by atoms with Crippen molar-refractivity contribution >= 4 is 0 Å². The molecule has 2 bridgehead atoms. The minimum Gasteiger partial charge on any atom is -0.481 e. The molecule has 1 N–H and O–H groups in total. The number of fused-ring (bicyclic) bond motifs is 5. The predicted octanol–water partition coefficient (Wildman–Crippen LogP) is 1.27. The van der Waals surface area contributed by atoms with E-state index in [-0.39, 0.29) is 0 Å². The molecule has 2 unspecified atom stereocenters. The Balaban J connectivity index is 1.51. The second kappa shape index (κ2) is 4.46. The first-order valence-corrected chi connectivity index (χ1v) is 7.32. The highest BCUT2D eigenvalue weighted by Crippen LogP contribution is 2.47. The topological polar surface area (TPSA) is 37.4 Å². The maximum atomic E-state index is 5.12. The third-order valence-corrected chi connectivity index (χ3v) is 5.28. The number of ether oxygens (including phenoxy) is 1. The van der Waals surface area contributed by atoms with Crippen LogP contribution in [0.1, 0.15) is 18.4 Å². The number of hydrogen-bond acceptors (Lipinski definition) is 4. The number of pyridine rings is 1. The Bertz CT molecular complexity index is 443. The van der Waals surface area contributed by atoms with Crippen LogP contribution in [-0.2, 0) is 6.54 Å². The lowest BCUT2D eigenvalue weighted by Gasteiger charge is -2.24. The Morgan fingerprint density at radius 3 is 2.58 bits per heavy atom. The summed E-state index contributed by atoms with van der Waals surface area (Å²) in [4.78, 5) is 7.06. The molecule has 0 aromatic carbocycles. The van der Waals surface area contributed by atoms with Crippen LogP contribution in [0.3, 0.4) is 0 Å². The van der Waals surface area contributed by atoms with Crippen LogP contribution >= 0.6 is 0 Å². The summed E-state index contributed by atoms with van der Waals surface area (Å²) in [6, 6.07) is 5.71. The molecule has 3 fully saturated rings. The number of nitrogens with one attached hydrogen (secondary N) is 1. The van der Waals surface area contributed by atoms with Gasteiger partial charge >= 0.3 is 0 Å². The van der Waals surface area contributed by atoms with Gasteiger partial charge in [0.05, 0.1) is 7.11 Å². The van der Waals surface area contributed by atoms with Gasteiger partial charge in [0, 0.05) is 30.9 Å². The SMILES string of the molecule is COc1ccc(CN2C3CCC2[C@@H]2CNC[C@H]32)cn1. The molecule has 1 aromatic heterocycles. The number of aromatic nitrogens is 1. The average molecular weight is 259 g/mol. The minimum atomic E-state index is 0.703. The van der Waals surface area contributed by atoms with Crippen molar-refractivity contribution < 1.29 is 4.74 Å². The van der Waals surface area contributed by atoms with Crippen molar-refractivity contribution in [2.45, 2.75) is 31.5 Å². The van der Waals surface area contributed by atoms with Crippen molar-refractivity contribution in [3.05, 3.63) is 23.9 Å². The Morgan fingerprint density at radius 2 is 2.00 bits per heavy atom. The van der Waals surface area contributed by atoms with E-state index < -0.39 is 0 Å². The highest BCUT2D eigenvalue weighted by molar-refractivity contribution is 5.19. The molecule has 0 saturated carbocycles. The normalized spacial score (nSPS) is 36.7. The zero-order valence-electron chi connectivity index (χ0n) is 11.4. The van der Waals surface area contributed by atoms with Gasteiger partial charge in [0.2, 0.25) is 5.88 Å². The van der Waals surface area contributed by atoms with Crippen LogP contribution in [0.4, 0.5) is 0 Å². The van der Waals surface area contributed by atoms with Crippen molar-refractivity contribution in [3.63, 3.8) is 0 Å². The summed E-state index contributed by atoms with van der Waals surface area (Å²) in [6.07, 6.45) is 4.73. The Morgan fingerprint density at radius 1 is 1.26 bits per heavy atom. The minimum absolute atomic E-state index is 0.703. The van der Waals surface area contributed by atoms with Gasteiger partial charge in [-0.1, -0.05) is 6.07 Å². The summed E-state index contributed by atoms with van der Waals surface area (Å²) in [7, 11) is 1.66. The van der Waals surface area contributed by atoms with Crippen LogP contribution < -0.4 is 10.1 Å². The summed E-state index contributed by atoms with van der Waals surface area (Å²) < 4.78 is 5.12. The molecule has 0 aliphatic carbocycles. The number of rotatable bonds is 3. The largest absolute Gasteiger partial charge is 0.481 e. The Hall–Kier alpha value is -1.13. The fourth-order valence-corrected chi connectivity index (χ4v) is 4.47. The van der Waals surface area contributed by atoms with Gasteiger partial charge in [0.1, 0.15) is 0 Å². The zero-order chi connectivity index (χ0) is 12.8. The molecular formula is C15H21N3O. The lowest BCUT2D eigenvalue weighted by atomic mass is 9.82. The molecule has 102 valence electrons. The number of nitrogens with zero attached hydrogens (tertiary/aromatic N) is 2. The van der Waals surface area contributed by atoms with Crippen LogP contribution in [-0.4, -0.2) is 42.2 Å². The van der Waals surface area contributed by atoms with Crippen molar-refractivity contribution in [1.82, 2.24) is 15.2 Å². The van der Waals surface area contributed by atoms with Gasteiger partial charge in [-0.3, -0.25) is 4.90 Å². The first-order chi connectivity index (χ1) is 9.36. The first kappa shape index (κ1) is 11.7. The van der Waals surface area contributed by atoms with Gasteiger partial charge in [-0.15, -0.1) is 0 Å². The smallest absolute Gasteiger partial charge is 0.212 e. The van der Waals surface area contributed by atoms with Crippen molar-refractivity contribution in [3.8, 4) is 5.88 Å². The van der Waals surface area contributed by atoms with Crippen LogP contribution in [0.15, 0.2) is 18.3 Å². The van der Waals surface area contributed by atoms with Crippen LogP contribution in [0.5, 0.6) is 5.88 Å². The Kier molecular flexibility index (Phi) is 2.74. The summed E-state index contributed by atoms with van der Waals surface area (Å²) in [6.45, 7) is 3.51. The van der Waals surface area contributed by atoms with E-state index in [4.69, 9.17) is 4.74 Å². The Labute approximate surface area is 114 Å². The second-order valence-electron chi connectivity index (χ2n) is 6.08. The molecule has 4 rings (SSSR count). The molecule has 19 heavy (non-hydrogen) atoms. The lowest BCUT2D eigenvalue weighted by molar-refractivity contribution is 0.218. The highest BCUT2D eigenvalue weighted by atomic mass is 16.5. The molecule has 4 nitrogen and oxygen atoms in total. The van der Waals surface area contributed by atoms with E-state index in [1.54, 1.807) is 7.11 Å². The van der Waals surface area contributed by atoms with E-state index in [9.17, 15) is 0 Å². The molecular weight excluding hydrogens is 238 g/mol. The van der Waals surface area contributed by atoms with Gasteiger partial charge in [-0.05, 0) is 43.3 Å². The summed E-state index contributed by atoms with van der Waals surface area (Å²) in [5.74, 6) is 2.49. The zero-order valence-corrected chi connectivity index (χ0v) is 11.4. The van der Waals surface area contributed by atoms with Gasteiger partial charge < -0.3 is 10.1 Å². The lowest BCUT2D eigenvalue weighted by Crippen LogP contribution is -2.33. The quantitative estimate of drug-likeness (QED) is 0.887. The molecule has 0 spiro atoms. The molecule has 1 aromatic rings. The molecule has 4 heterocycles. The maximum Gasteiger partial charge on any atom is 0.212 e. The molecule has 3 aliphatic heterocycles. The molecule has 3 aliphatic rings. The molecule has 4 heteroatoms. The third-order valence-electron chi connectivity index (χ3n) is 5.28. The van der Waals surface area contributed by atoms with Crippen molar-refractivity contribution in [2.24, 2.45) is 11.8 Å². The second-order valence-corrected chi connectivity index (χ2v) is 6.08. The van der Waals surface area contributed by atoms with Gasteiger partial charge in [0.15, 0.2) is 0 Å². The summed E-state index contributed by atoms with van der Waals surface area (Å²) >= 11 is 0.